The lowest BCUT2D eigenvalue weighted by Crippen LogP contribution is -2.63. The summed E-state index contributed by atoms with van der Waals surface area (Å²) in [6, 6.07) is 10.6. The molecule has 3 rings (SSSR count). The quantitative estimate of drug-likeness (QED) is 0.187. The average Bonchev–Trinajstić information content (AvgIpc) is 2.97. The standard InChI is InChI=1S/C27H33ClO9Si/c1-29-16-10-19(32-4)25(35-7)22(13-16)38(28,23-14-17(30-2)11-20(33-5)26(23)36-8)24-15-18(31-3)12-21(34-6)27(24)37-9/h10-15H,1-9H3. The van der Waals surface area contributed by atoms with Gasteiger partial charge in [-0.25, -0.2) is 0 Å². The number of halogens is 1. The van der Waals surface area contributed by atoms with Gasteiger partial charge in [-0.2, -0.15) is 0 Å². The third-order valence-electron chi connectivity index (χ3n) is 6.18. The molecule has 0 unspecified atom stereocenters. The maximum absolute atomic E-state index is 8.01. The van der Waals surface area contributed by atoms with E-state index in [9.17, 15) is 0 Å². The Balaban J connectivity index is 2.68. The number of hydrogen-bond acceptors (Lipinski definition) is 9. The van der Waals surface area contributed by atoms with Crippen molar-refractivity contribution in [1.82, 2.24) is 0 Å². The van der Waals surface area contributed by atoms with Gasteiger partial charge in [-0.1, -0.05) is 0 Å². The number of benzene rings is 3. The molecule has 0 saturated heterocycles. The van der Waals surface area contributed by atoms with Gasteiger partial charge in [0.1, 0.15) is 17.2 Å². The van der Waals surface area contributed by atoms with E-state index in [2.05, 4.69) is 0 Å². The second-order valence-electron chi connectivity index (χ2n) is 7.89. The van der Waals surface area contributed by atoms with Crippen LogP contribution in [-0.2, 0) is 0 Å². The van der Waals surface area contributed by atoms with Crippen molar-refractivity contribution < 1.29 is 42.6 Å². The zero-order chi connectivity index (χ0) is 28.0. The van der Waals surface area contributed by atoms with Crippen LogP contribution < -0.4 is 58.2 Å². The summed E-state index contributed by atoms with van der Waals surface area (Å²) in [6.07, 6.45) is 0. The van der Waals surface area contributed by atoms with Crippen LogP contribution in [0.4, 0.5) is 0 Å². The lowest BCUT2D eigenvalue weighted by Gasteiger charge is -2.32. The minimum absolute atomic E-state index is 0.419. The lowest BCUT2D eigenvalue weighted by molar-refractivity contribution is 0.349. The molecule has 9 nitrogen and oxygen atoms in total. The van der Waals surface area contributed by atoms with Crippen LogP contribution in [0, 0.1) is 0 Å². The number of ether oxygens (including phenoxy) is 9. The van der Waals surface area contributed by atoms with Gasteiger partial charge >= 0.3 is 0 Å². The fraction of sp³-hybridized carbons (Fsp3) is 0.333. The molecule has 0 heterocycles. The first-order valence-corrected chi connectivity index (χ1v) is 14.4. The van der Waals surface area contributed by atoms with Crippen LogP contribution in [0.25, 0.3) is 0 Å². The van der Waals surface area contributed by atoms with Gasteiger partial charge in [-0.3, -0.25) is 0 Å². The van der Waals surface area contributed by atoms with Crippen LogP contribution in [0.1, 0.15) is 0 Å². The summed E-state index contributed by atoms with van der Waals surface area (Å²) in [4.78, 5) is 0. The van der Waals surface area contributed by atoms with E-state index in [1.54, 1.807) is 82.2 Å². The molecule has 0 atom stereocenters. The monoisotopic (exact) mass is 564 g/mol. The van der Waals surface area contributed by atoms with Crippen molar-refractivity contribution in [3.8, 4) is 51.7 Å². The molecule has 0 fully saturated rings. The van der Waals surface area contributed by atoms with Gasteiger partial charge in [-0.05, 0) is 18.2 Å². The predicted octanol–water partition coefficient (Wildman–Crippen LogP) is 2.97. The normalized spacial score (nSPS) is 10.9. The Kier molecular flexibility index (Phi) is 9.34. The molecule has 206 valence electrons. The van der Waals surface area contributed by atoms with Crippen molar-refractivity contribution >= 4 is 34.0 Å². The SMILES string of the molecule is COc1cc(OC)c(OC)c([Si](Cl)(c2cc(OC)cc(OC)c2OC)c2cc(OC)cc(OC)c2OC)c1. The Hall–Kier alpha value is -3.63. The van der Waals surface area contributed by atoms with Gasteiger partial charge in [0.2, 0.25) is 0 Å². The molecule has 0 aromatic heterocycles. The van der Waals surface area contributed by atoms with Gasteiger partial charge in [0.05, 0.1) is 64.0 Å². The summed E-state index contributed by atoms with van der Waals surface area (Å²) in [5.74, 6) is 4.09. The molecule has 0 saturated carbocycles. The Bertz CT molecular complexity index is 1130. The smallest absolute Gasteiger partial charge is 0.259 e. The molecule has 0 radical (unpaired) electrons. The van der Waals surface area contributed by atoms with Crippen LogP contribution in [0.3, 0.4) is 0 Å². The van der Waals surface area contributed by atoms with Gasteiger partial charge in [0.25, 0.3) is 7.38 Å². The third kappa shape index (κ3) is 4.93. The van der Waals surface area contributed by atoms with Crippen molar-refractivity contribution in [2.45, 2.75) is 0 Å². The molecule has 0 aliphatic carbocycles. The number of methoxy groups -OCH3 is 9. The van der Waals surface area contributed by atoms with E-state index in [1.165, 1.54) is 0 Å². The van der Waals surface area contributed by atoms with E-state index in [1.807, 2.05) is 18.2 Å². The van der Waals surface area contributed by atoms with Crippen LogP contribution in [-0.4, -0.2) is 71.4 Å². The summed E-state index contributed by atoms with van der Waals surface area (Å²) in [6.45, 7) is 0. The van der Waals surface area contributed by atoms with Gasteiger partial charge in [-0.15, -0.1) is 11.1 Å². The highest BCUT2D eigenvalue weighted by Gasteiger charge is 2.48. The van der Waals surface area contributed by atoms with Crippen molar-refractivity contribution in [3.05, 3.63) is 36.4 Å². The van der Waals surface area contributed by atoms with E-state index in [0.717, 1.165) is 0 Å². The average molecular weight is 565 g/mol. The fourth-order valence-corrected chi connectivity index (χ4v) is 9.15. The largest absolute Gasteiger partial charge is 0.497 e. The van der Waals surface area contributed by atoms with Gasteiger partial charge < -0.3 is 42.6 Å². The highest BCUT2D eigenvalue weighted by Crippen LogP contribution is 2.40. The van der Waals surface area contributed by atoms with Crippen molar-refractivity contribution in [1.29, 1.82) is 0 Å². The zero-order valence-corrected chi connectivity index (χ0v) is 24.8. The highest BCUT2D eigenvalue weighted by atomic mass is 35.6. The summed E-state index contributed by atoms with van der Waals surface area (Å²) in [5, 5.41) is 1.79. The maximum Gasteiger partial charge on any atom is 0.259 e. The molecule has 38 heavy (non-hydrogen) atoms. The van der Waals surface area contributed by atoms with E-state index >= 15 is 0 Å². The van der Waals surface area contributed by atoms with Crippen LogP contribution in [0.5, 0.6) is 51.7 Å². The van der Waals surface area contributed by atoms with E-state index in [0.29, 0.717) is 67.3 Å². The minimum Gasteiger partial charge on any atom is -0.497 e. The zero-order valence-electron chi connectivity index (χ0n) is 23.0. The molecule has 3 aromatic carbocycles. The molecule has 0 N–H and O–H groups in total. The Morgan fingerprint density at radius 3 is 0.842 bits per heavy atom. The van der Waals surface area contributed by atoms with Crippen LogP contribution in [0.2, 0.25) is 0 Å². The molecule has 0 spiro atoms. The van der Waals surface area contributed by atoms with E-state index < -0.39 is 7.38 Å². The van der Waals surface area contributed by atoms with Crippen molar-refractivity contribution in [2.24, 2.45) is 0 Å². The Labute approximate surface area is 228 Å². The second-order valence-corrected chi connectivity index (χ2v) is 12.5. The van der Waals surface area contributed by atoms with Crippen LogP contribution in [0.15, 0.2) is 36.4 Å². The van der Waals surface area contributed by atoms with Crippen molar-refractivity contribution in [2.75, 3.05) is 64.0 Å². The second kappa shape index (κ2) is 12.3. The molecule has 11 heteroatoms. The maximum atomic E-state index is 8.01. The molecule has 0 aliphatic rings. The molecule has 3 aromatic rings. The topological polar surface area (TPSA) is 83.1 Å². The first-order valence-electron chi connectivity index (χ1n) is 11.4. The van der Waals surface area contributed by atoms with Gasteiger partial charge in [0, 0.05) is 33.8 Å². The van der Waals surface area contributed by atoms with Crippen molar-refractivity contribution in [3.63, 3.8) is 0 Å². The summed E-state index contributed by atoms with van der Waals surface area (Å²) < 4.78 is 51.6. The molecular weight excluding hydrogens is 532 g/mol. The summed E-state index contributed by atoms with van der Waals surface area (Å²) in [5.41, 5.74) is 0. The molecular formula is C27H33ClO9Si. The minimum atomic E-state index is -3.74. The highest BCUT2D eigenvalue weighted by molar-refractivity contribution is 7.41. The summed E-state index contributed by atoms with van der Waals surface area (Å²) >= 11 is 8.01. The number of rotatable bonds is 12. The predicted molar refractivity (Wildman–Crippen MR) is 149 cm³/mol. The lowest BCUT2D eigenvalue weighted by atomic mass is 10.3. The first-order chi connectivity index (χ1) is 18.3. The number of hydrogen-bond donors (Lipinski definition) is 0. The van der Waals surface area contributed by atoms with Crippen LogP contribution >= 0.6 is 11.1 Å². The first kappa shape index (κ1) is 28.9. The Morgan fingerprint density at radius 1 is 0.395 bits per heavy atom. The Morgan fingerprint density at radius 2 is 0.658 bits per heavy atom. The van der Waals surface area contributed by atoms with E-state index in [4.69, 9.17) is 53.7 Å². The summed E-state index contributed by atoms with van der Waals surface area (Å²) in [7, 11) is 10.2. The van der Waals surface area contributed by atoms with Gasteiger partial charge in [0.15, 0.2) is 34.5 Å². The third-order valence-corrected chi connectivity index (χ3v) is 11.4. The molecule has 0 aliphatic heterocycles. The fourth-order valence-electron chi connectivity index (χ4n) is 4.37. The molecule has 0 amide bonds. The molecule has 0 bridgehead atoms. The van der Waals surface area contributed by atoms with E-state index in [-0.39, 0.29) is 0 Å².